The Morgan fingerprint density at radius 1 is 1.31 bits per heavy atom. The first-order chi connectivity index (χ1) is 7.77. The lowest BCUT2D eigenvalue weighted by Crippen LogP contribution is -2.18. The van der Waals surface area contributed by atoms with Gasteiger partial charge in [0.05, 0.1) is 5.69 Å². The van der Waals surface area contributed by atoms with Crippen molar-refractivity contribution in [2.45, 2.75) is 12.8 Å². The quantitative estimate of drug-likeness (QED) is 0.783. The number of nitrogens with one attached hydrogen (secondary N) is 1. The Morgan fingerprint density at radius 2 is 2.19 bits per heavy atom. The van der Waals surface area contributed by atoms with Gasteiger partial charge in [-0.2, -0.15) is 0 Å². The van der Waals surface area contributed by atoms with E-state index in [2.05, 4.69) is 16.3 Å². The summed E-state index contributed by atoms with van der Waals surface area (Å²) < 4.78 is 11.0. The molecule has 0 aliphatic carbocycles. The molecule has 0 aromatic heterocycles. The van der Waals surface area contributed by atoms with Crippen LogP contribution in [0.15, 0.2) is 6.07 Å². The van der Waals surface area contributed by atoms with Crippen LogP contribution >= 0.6 is 0 Å². The second kappa shape index (κ2) is 3.47. The second-order valence-electron chi connectivity index (χ2n) is 4.42. The molecule has 4 nitrogen and oxygen atoms in total. The highest BCUT2D eigenvalue weighted by Crippen LogP contribution is 2.48. The van der Waals surface area contributed by atoms with E-state index < -0.39 is 0 Å². The molecule has 0 bridgehead atoms. The number of hydrogen-bond donors (Lipinski definition) is 1. The van der Waals surface area contributed by atoms with Crippen molar-refractivity contribution in [3.8, 4) is 11.5 Å². The minimum absolute atomic E-state index is 0.332. The predicted molar refractivity (Wildman–Crippen MR) is 63.7 cm³/mol. The van der Waals surface area contributed by atoms with E-state index in [0.717, 1.165) is 30.2 Å². The smallest absolute Gasteiger partial charge is 0.231 e. The first-order valence-corrected chi connectivity index (χ1v) is 5.64. The fourth-order valence-corrected chi connectivity index (χ4v) is 2.39. The number of nitrogens with zero attached hydrogens (tertiary/aromatic N) is 1. The minimum Gasteiger partial charge on any atom is -0.453 e. The molecule has 2 aliphatic rings. The molecule has 0 spiro atoms. The number of hydrogen-bond acceptors (Lipinski definition) is 4. The number of fused-ring (bicyclic) bond motifs is 2. The molecule has 0 radical (unpaired) electrons. The molecule has 4 heteroatoms. The van der Waals surface area contributed by atoms with E-state index in [1.165, 1.54) is 17.7 Å². The zero-order valence-electron chi connectivity index (χ0n) is 9.67. The molecule has 1 aromatic carbocycles. The first kappa shape index (κ1) is 9.63. The maximum absolute atomic E-state index is 5.55. The van der Waals surface area contributed by atoms with E-state index >= 15 is 0 Å². The highest BCUT2D eigenvalue weighted by Gasteiger charge is 2.26. The van der Waals surface area contributed by atoms with Gasteiger partial charge in [-0.3, -0.25) is 0 Å². The number of anilines is 2. The van der Waals surface area contributed by atoms with Crippen LogP contribution in [0, 0.1) is 0 Å². The predicted octanol–water partition coefficient (Wildman–Crippen LogP) is 1.84. The summed E-state index contributed by atoms with van der Waals surface area (Å²) in [4.78, 5) is 2.09. The van der Waals surface area contributed by atoms with Crippen LogP contribution in [-0.4, -0.2) is 27.4 Å². The highest BCUT2D eigenvalue weighted by molar-refractivity contribution is 5.83. The monoisotopic (exact) mass is 220 g/mol. The third-order valence-corrected chi connectivity index (χ3v) is 3.09. The Kier molecular flexibility index (Phi) is 2.09. The molecule has 2 heterocycles. The van der Waals surface area contributed by atoms with Crippen molar-refractivity contribution < 1.29 is 9.47 Å². The van der Waals surface area contributed by atoms with Gasteiger partial charge in [-0.15, -0.1) is 0 Å². The van der Waals surface area contributed by atoms with Crippen molar-refractivity contribution >= 4 is 11.4 Å². The van der Waals surface area contributed by atoms with E-state index in [-0.39, 0.29) is 0 Å². The van der Waals surface area contributed by atoms with Crippen molar-refractivity contribution in [2.75, 3.05) is 37.6 Å². The van der Waals surface area contributed by atoms with Gasteiger partial charge in [0, 0.05) is 20.6 Å². The maximum atomic E-state index is 5.55. The van der Waals surface area contributed by atoms with Crippen LogP contribution in [0.3, 0.4) is 0 Å². The number of benzene rings is 1. The fourth-order valence-electron chi connectivity index (χ4n) is 2.39. The van der Waals surface area contributed by atoms with Crippen LogP contribution < -0.4 is 19.7 Å². The standard InChI is InChI=1S/C12H16N2O2/c1-14(2)11-10-8(4-3-5-13-10)6-9-12(11)16-7-15-9/h6,13H,3-5,7H2,1-2H3. The molecule has 2 aliphatic heterocycles. The van der Waals surface area contributed by atoms with E-state index in [4.69, 9.17) is 9.47 Å². The molecular formula is C12H16N2O2. The van der Waals surface area contributed by atoms with E-state index in [1.54, 1.807) is 0 Å². The van der Waals surface area contributed by atoms with E-state index in [0.29, 0.717) is 6.79 Å². The summed E-state index contributed by atoms with van der Waals surface area (Å²) >= 11 is 0. The molecule has 0 saturated heterocycles. The number of aryl methyl sites for hydroxylation is 1. The topological polar surface area (TPSA) is 33.7 Å². The zero-order valence-corrected chi connectivity index (χ0v) is 9.67. The van der Waals surface area contributed by atoms with Gasteiger partial charge in [0.1, 0.15) is 5.69 Å². The summed E-state index contributed by atoms with van der Waals surface area (Å²) in [6, 6.07) is 2.11. The van der Waals surface area contributed by atoms with Gasteiger partial charge in [-0.05, 0) is 24.5 Å². The molecular weight excluding hydrogens is 204 g/mol. The first-order valence-electron chi connectivity index (χ1n) is 5.64. The Morgan fingerprint density at radius 3 is 3.00 bits per heavy atom. The maximum Gasteiger partial charge on any atom is 0.231 e. The Labute approximate surface area is 95.1 Å². The van der Waals surface area contributed by atoms with Crippen LogP contribution in [0.4, 0.5) is 11.4 Å². The summed E-state index contributed by atoms with van der Waals surface area (Å²) in [6.45, 7) is 1.37. The van der Waals surface area contributed by atoms with Gasteiger partial charge in [0.25, 0.3) is 0 Å². The lowest BCUT2D eigenvalue weighted by molar-refractivity contribution is 0.174. The van der Waals surface area contributed by atoms with Gasteiger partial charge < -0.3 is 19.7 Å². The Balaban J connectivity index is 2.21. The lowest BCUT2D eigenvalue weighted by Gasteiger charge is -2.26. The van der Waals surface area contributed by atoms with Gasteiger partial charge in [0.2, 0.25) is 6.79 Å². The molecule has 16 heavy (non-hydrogen) atoms. The van der Waals surface area contributed by atoms with Crippen molar-refractivity contribution in [1.82, 2.24) is 0 Å². The Bertz CT molecular complexity index is 430. The van der Waals surface area contributed by atoms with Crippen molar-refractivity contribution in [1.29, 1.82) is 0 Å². The average molecular weight is 220 g/mol. The fraction of sp³-hybridized carbons (Fsp3) is 0.500. The van der Waals surface area contributed by atoms with Crippen molar-refractivity contribution in [2.24, 2.45) is 0 Å². The van der Waals surface area contributed by atoms with Gasteiger partial charge in [0.15, 0.2) is 11.5 Å². The summed E-state index contributed by atoms with van der Waals surface area (Å²) in [6.07, 6.45) is 2.29. The second-order valence-corrected chi connectivity index (χ2v) is 4.42. The van der Waals surface area contributed by atoms with Gasteiger partial charge in [-0.25, -0.2) is 0 Å². The third kappa shape index (κ3) is 1.29. The van der Waals surface area contributed by atoms with E-state index in [9.17, 15) is 0 Å². The largest absolute Gasteiger partial charge is 0.453 e. The minimum atomic E-state index is 0.332. The molecule has 1 aromatic rings. The third-order valence-electron chi connectivity index (χ3n) is 3.09. The number of rotatable bonds is 1. The highest BCUT2D eigenvalue weighted by atomic mass is 16.7. The van der Waals surface area contributed by atoms with E-state index in [1.807, 2.05) is 14.1 Å². The molecule has 86 valence electrons. The molecule has 0 atom stereocenters. The van der Waals surface area contributed by atoms with Crippen molar-refractivity contribution in [3.05, 3.63) is 11.6 Å². The summed E-state index contributed by atoms with van der Waals surface area (Å²) in [7, 11) is 4.07. The molecule has 3 rings (SSSR count). The summed E-state index contributed by atoms with van der Waals surface area (Å²) in [5, 5.41) is 3.47. The SMILES string of the molecule is CN(C)c1c2c(cc3c1OCO3)CCCN2. The Hall–Kier alpha value is -1.58. The molecule has 0 saturated carbocycles. The average Bonchev–Trinajstić information content (AvgIpc) is 2.72. The zero-order chi connectivity index (χ0) is 11.1. The number of ether oxygens (including phenoxy) is 2. The summed E-state index contributed by atoms with van der Waals surface area (Å²) in [5.74, 6) is 1.75. The molecule has 1 N–H and O–H groups in total. The van der Waals surface area contributed by atoms with Crippen LogP contribution in [-0.2, 0) is 6.42 Å². The normalized spacial score (nSPS) is 16.6. The van der Waals surface area contributed by atoms with Crippen LogP contribution in [0.5, 0.6) is 11.5 Å². The molecule has 0 amide bonds. The lowest BCUT2D eigenvalue weighted by atomic mass is 10.0. The van der Waals surface area contributed by atoms with Gasteiger partial charge in [-0.1, -0.05) is 0 Å². The molecule has 0 fully saturated rings. The summed E-state index contributed by atoms with van der Waals surface area (Å²) in [5.41, 5.74) is 3.66. The van der Waals surface area contributed by atoms with Crippen LogP contribution in [0.1, 0.15) is 12.0 Å². The van der Waals surface area contributed by atoms with Crippen LogP contribution in [0.25, 0.3) is 0 Å². The van der Waals surface area contributed by atoms with Crippen LogP contribution in [0.2, 0.25) is 0 Å². The van der Waals surface area contributed by atoms with Gasteiger partial charge >= 0.3 is 0 Å². The molecule has 0 unspecified atom stereocenters. The van der Waals surface area contributed by atoms with Crippen molar-refractivity contribution in [3.63, 3.8) is 0 Å².